The lowest BCUT2D eigenvalue weighted by Crippen LogP contribution is -2.70. The van der Waals surface area contributed by atoms with E-state index in [9.17, 15) is 9.59 Å². The van der Waals surface area contributed by atoms with Crippen LogP contribution in [0.1, 0.15) is 45.9 Å². The van der Waals surface area contributed by atoms with Crippen molar-refractivity contribution in [3.8, 4) is 0 Å². The van der Waals surface area contributed by atoms with Gasteiger partial charge in [-0.2, -0.15) is 0 Å². The zero-order chi connectivity index (χ0) is 33.6. The first-order valence-electron chi connectivity index (χ1n) is 15.7. The van der Waals surface area contributed by atoms with Gasteiger partial charge in [-0.3, -0.25) is 14.5 Å². The molecule has 7 rings (SSSR count). The fourth-order valence-corrected chi connectivity index (χ4v) is 7.80. The van der Waals surface area contributed by atoms with E-state index in [1.165, 1.54) is 19.1 Å². The van der Waals surface area contributed by atoms with Gasteiger partial charge in [0.2, 0.25) is 5.85 Å². The standard InChI is InChI=1S/C39H34N2O7/c1-25-30(35(43)46-2)33(28-20-12-6-13-21-28)41-36(44)38(37(45)47-3)31(27-18-10-5-11-19-27)32(34(42)29-22-14-7-15-23-29)39(41,48-38)40(25)24-26-16-8-4-9-17-26/h4-23,31-33H,24H2,1-3H3/t31?,32?,33?,38-,39+/m1/s1. The van der Waals surface area contributed by atoms with Gasteiger partial charge in [-0.05, 0) is 23.6 Å². The van der Waals surface area contributed by atoms with Crippen LogP contribution < -0.4 is 0 Å². The minimum atomic E-state index is -2.26. The van der Waals surface area contributed by atoms with Crippen LogP contribution in [0.25, 0.3) is 0 Å². The third-order valence-electron chi connectivity index (χ3n) is 9.77. The smallest absolute Gasteiger partial charge is 0.348 e. The van der Waals surface area contributed by atoms with Gasteiger partial charge in [0.25, 0.3) is 11.5 Å². The van der Waals surface area contributed by atoms with Crippen molar-refractivity contribution in [2.24, 2.45) is 5.92 Å². The summed E-state index contributed by atoms with van der Waals surface area (Å²) in [5, 5.41) is 0. The number of hydrogen-bond acceptors (Lipinski definition) is 8. The Hall–Kier alpha value is -5.54. The van der Waals surface area contributed by atoms with Gasteiger partial charge in [-0.15, -0.1) is 0 Å². The highest BCUT2D eigenvalue weighted by atomic mass is 16.6. The van der Waals surface area contributed by atoms with Crippen LogP contribution in [0.2, 0.25) is 0 Å². The predicted molar refractivity (Wildman–Crippen MR) is 175 cm³/mol. The van der Waals surface area contributed by atoms with Gasteiger partial charge >= 0.3 is 11.9 Å². The number of benzene rings is 4. The van der Waals surface area contributed by atoms with Crippen molar-refractivity contribution in [1.82, 2.24) is 9.80 Å². The maximum absolute atomic E-state index is 15.3. The Balaban J connectivity index is 1.61. The van der Waals surface area contributed by atoms with Crippen LogP contribution in [0.5, 0.6) is 0 Å². The number of piperidine rings is 1. The molecule has 0 radical (unpaired) electrons. The van der Waals surface area contributed by atoms with Crippen LogP contribution in [-0.4, -0.2) is 59.1 Å². The third-order valence-corrected chi connectivity index (χ3v) is 9.77. The number of ether oxygens (including phenoxy) is 3. The second kappa shape index (κ2) is 11.9. The number of amides is 1. The van der Waals surface area contributed by atoms with Crippen LogP contribution in [0.4, 0.5) is 0 Å². The topological polar surface area (TPSA) is 102 Å². The zero-order valence-corrected chi connectivity index (χ0v) is 26.7. The summed E-state index contributed by atoms with van der Waals surface area (Å²) in [5.74, 6) is -6.72. The number of methoxy groups -OCH3 is 2. The Labute approximate surface area is 278 Å². The largest absolute Gasteiger partial charge is 0.466 e. The molecule has 1 amide bonds. The lowest BCUT2D eigenvalue weighted by Gasteiger charge is -2.56. The van der Waals surface area contributed by atoms with Crippen molar-refractivity contribution in [1.29, 1.82) is 0 Å². The summed E-state index contributed by atoms with van der Waals surface area (Å²) in [5.41, 5.74) is 0.743. The number of Topliss-reactive ketones (excluding diaryl/α,β-unsaturated/α-hetero) is 1. The Morgan fingerprint density at radius 1 is 0.750 bits per heavy atom. The number of hydrogen-bond donors (Lipinski definition) is 0. The van der Waals surface area contributed by atoms with Gasteiger partial charge in [0.15, 0.2) is 5.78 Å². The number of ketones is 1. The van der Waals surface area contributed by atoms with Crippen molar-refractivity contribution in [2.75, 3.05) is 14.2 Å². The highest BCUT2D eigenvalue weighted by Crippen LogP contribution is 2.67. The maximum atomic E-state index is 15.3. The molecule has 2 saturated heterocycles. The van der Waals surface area contributed by atoms with Crippen LogP contribution in [0.15, 0.2) is 133 Å². The van der Waals surface area contributed by atoms with E-state index in [4.69, 9.17) is 14.2 Å². The highest BCUT2D eigenvalue weighted by Gasteiger charge is 2.84. The third kappa shape index (κ3) is 4.34. The van der Waals surface area contributed by atoms with E-state index in [1.807, 2.05) is 48.5 Å². The first-order valence-corrected chi connectivity index (χ1v) is 15.7. The monoisotopic (exact) mass is 642 g/mol. The quantitative estimate of drug-likeness (QED) is 0.143. The molecular weight excluding hydrogens is 608 g/mol. The van der Waals surface area contributed by atoms with E-state index in [0.29, 0.717) is 22.4 Å². The Morgan fingerprint density at radius 3 is 1.85 bits per heavy atom. The number of carbonyl (C=O) groups is 4. The van der Waals surface area contributed by atoms with Gasteiger partial charge in [-0.25, -0.2) is 9.59 Å². The van der Waals surface area contributed by atoms with Gasteiger partial charge in [0, 0.05) is 17.8 Å². The molecule has 1 spiro atoms. The first-order chi connectivity index (χ1) is 23.3. The molecule has 3 heterocycles. The molecule has 9 heteroatoms. The highest BCUT2D eigenvalue weighted by molar-refractivity contribution is 6.14. The number of esters is 2. The van der Waals surface area contributed by atoms with Crippen molar-refractivity contribution >= 4 is 23.6 Å². The molecule has 0 aliphatic carbocycles. The molecule has 48 heavy (non-hydrogen) atoms. The van der Waals surface area contributed by atoms with Crippen molar-refractivity contribution in [2.45, 2.75) is 36.9 Å². The van der Waals surface area contributed by atoms with Gasteiger partial charge in [0.1, 0.15) is 5.92 Å². The molecule has 9 nitrogen and oxygen atoms in total. The van der Waals surface area contributed by atoms with Gasteiger partial charge < -0.3 is 19.1 Å². The number of carbonyl (C=O) groups excluding carboxylic acids is 4. The van der Waals surface area contributed by atoms with Crippen molar-refractivity contribution in [3.05, 3.63) is 155 Å². The molecule has 0 saturated carbocycles. The van der Waals surface area contributed by atoms with Crippen molar-refractivity contribution < 1.29 is 33.4 Å². The Bertz CT molecular complexity index is 1920. The Morgan fingerprint density at radius 2 is 1.29 bits per heavy atom. The molecule has 2 bridgehead atoms. The molecule has 0 N–H and O–H groups in total. The first kappa shape index (κ1) is 31.1. The summed E-state index contributed by atoms with van der Waals surface area (Å²) in [6, 6.07) is 35.2. The van der Waals surface area contributed by atoms with E-state index in [-0.39, 0.29) is 17.9 Å². The SMILES string of the molecule is COC(=O)C1=C(C)N(Cc2ccccc2)[C@]23O[C@@](C(=O)OC)(C(=O)N2C1c1ccccc1)C(c1ccccc1)C3C(=O)c1ccccc1. The molecule has 3 aliphatic heterocycles. The van der Waals surface area contributed by atoms with Gasteiger partial charge in [-0.1, -0.05) is 121 Å². The van der Waals surface area contributed by atoms with E-state index in [1.54, 1.807) is 84.6 Å². The number of fused-ring (bicyclic) bond motifs is 1. The van der Waals surface area contributed by atoms with E-state index in [0.717, 1.165) is 5.56 Å². The van der Waals surface area contributed by atoms with Crippen LogP contribution in [0.3, 0.4) is 0 Å². The molecule has 4 aromatic rings. The second-order valence-electron chi connectivity index (χ2n) is 12.1. The van der Waals surface area contributed by atoms with E-state index in [2.05, 4.69) is 0 Å². The normalized spacial score (nSPS) is 25.9. The summed E-state index contributed by atoms with van der Waals surface area (Å²) in [6.07, 6.45) is 0. The molecule has 3 aliphatic rings. The summed E-state index contributed by atoms with van der Waals surface area (Å²) >= 11 is 0. The van der Waals surface area contributed by atoms with Gasteiger partial charge in [0.05, 0.1) is 31.8 Å². The molecule has 4 aromatic carbocycles. The molecule has 3 unspecified atom stereocenters. The number of rotatable bonds is 8. The molecular formula is C39H34N2O7. The summed E-state index contributed by atoms with van der Waals surface area (Å²) < 4.78 is 17.8. The van der Waals surface area contributed by atoms with Crippen LogP contribution in [-0.2, 0) is 35.1 Å². The minimum Gasteiger partial charge on any atom is -0.466 e. The lowest BCUT2D eigenvalue weighted by molar-refractivity contribution is -0.222. The lowest BCUT2D eigenvalue weighted by atomic mass is 9.66. The zero-order valence-electron chi connectivity index (χ0n) is 26.7. The average Bonchev–Trinajstić information content (AvgIpc) is 3.60. The fourth-order valence-electron chi connectivity index (χ4n) is 7.80. The molecule has 242 valence electrons. The van der Waals surface area contributed by atoms with E-state index < -0.39 is 47.2 Å². The number of nitrogens with zero attached hydrogens (tertiary/aromatic N) is 2. The second-order valence-corrected chi connectivity index (χ2v) is 12.1. The number of allylic oxidation sites excluding steroid dienone is 1. The van der Waals surface area contributed by atoms with Crippen LogP contribution >= 0.6 is 0 Å². The summed E-state index contributed by atoms with van der Waals surface area (Å²) in [4.78, 5) is 61.8. The predicted octanol–water partition coefficient (Wildman–Crippen LogP) is 5.41. The molecule has 2 fully saturated rings. The van der Waals surface area contributed by atoms with Crippen molar-refractivity contribution in [3.63, 3.8) is 0 Å². The van der Waals surface area contributed by atoms with E-state index >= 15 is 9.59 Å². The molecule has 0 aromatic heterocycles. The Kier molecular flexibility index (Phi) is 7.72. The summed E-state index contributed by atoms with van der Waals surface area (Å²) in [6.45, 7) is 1.90. The molecule has 5 atom stereocenters. The fraction of sp³-hybridized carbons (Fsp3) is 0.231. The minimum absolute atomic E-state index is 0.135. The summed E-state index contributed by atoms with van der Waals surface area (Å²) in [7, 11) is 2.49. The maximum Gasteiger partial charge on any atom is 0.348 e. The average molecular weight is 643 g/mol. The van der Waals surface area contributed by atoms with Crippen LogP contribution in [0, 0.1) is 5.92 Å².